The third-order valence-corrected chi connectivity index (χ3v) is 4.97. The van der Waals surface area contributed by atoms with Crippen molar-refractivity contribution in [2.75, 3.05) is 5.73 Å². The number of aromatic nitrogens is 2. The van der Waals surface area contributed by atoms with Crippen molar-refractivity contribution in [1.82, 2.24) is 14.5 Å². The van der Waals surface area contributed by atoms with Gasteiger partial charge in [0.2, 0.25) is 10.0 Å². The number of rotatable bonds is 4. The van der Waals surface area contributed by atoms with Crippen LogP contribution in [-0.2, 0) is 17.1 Å². The molecular formula is C10H18N4O2S. The van der Waals surface area contributed by atoms with Crippen LogP contribution < -0.4 is 10.5 Å². The molecule has 1 heterocycles. The fraction of sp³-hybridized carbons (Fsp3) is 0.700. The maximum absolute atomic E-state index is 12.2. The highest BCUT2D eigenvalue weighted by molar-refractivity contribution is 7.89. The van der Waals surface area contributed by atoms with Crippen LogP contribution in [0.25, 0.3) is 0 Å². The van der Waals surface area contributed by atoms with Gasteiger partial charge >= 0.3 is 0 Å². The summed E-state index contributed by atoms with van der Waals surface area (Å²) in [5.74, 6) is 0.517. The molecule has 0 amide bonds. The van der Waals surface area contributed by atoms with Gasteiger partial charge in [-0.25, -0.2) is 13.1 Å². The molecule has 0 radical (unpaired) electrons. The Morgan fingerprint density at radius 3 is 2.53 bits per heavy atom. The van der Waals surface area contributed by atoms with Crippen LogP contribution in [0.15, 0.2) is 4.90 Å². The molecule has 0 aromatic carbocycles. The lowest BCUT2D eigenvalue weighted by Crippen LogP contribution is -2.34. The van der Waals surface area contributed by atoms with Gasteiger partial charge in [-0.1, -0.05) is 0 Å². The van der Waals surface area contributed by atoms with E-state index >= 15 is 0 Å². The molecule has 1 aromatic rings. The molecule has 3 N–H and O–H groups in total. The van der Waals surface area contributed by atoms with Crippen LogP contribution in [0.3, 0.4) is 0 Å². The van der Waals surface area contributed by atoms with Gasteiger partial charge in [-0.2, -0.15) is 5.10 Å². The Bertz CT molecular complexity index is 531. The Hall–Kier alpha value is -1.08. The molecule has 0 saturated heterocycles. The van der Waals surface area contributed by atoms with Crippen molar-refractivity contribution in [3.8, 4) is 0 Å². The Morgan fingerprint density at radius 1 is 1.53 bits per heavy atom. The van der Waals surface area contributed by atoms with Crippen LogP contribution in [0, 0.1) is 12.8 Å². The fourth-order valence-corrected chi connectivity index (χ4v) is 3.58. The molecule has 17 heavy (non-hydrogen) atoms. The highest BCUT2D eigenvalue weighted by Gasteiger charge is 2.33. The third-order valence-electron chi connectivity index (χ3n) is 3.24. The largest absolute Gasteiger partial charge is 0.381 e. The molecule has 0 bridgehead atoms. The van der Waals surface area contributed by atoms with Gasteiger partial charge in [-0.3, -0.25) is 4.68 Å². The van der Waals surface area contributed by atoms with E-state index < -0.39 is 10.0 Å². The van der Waals surface area contributed by atoms with E-state index in [2.05, 4.69) is 9.82 Å². The minimum absolute atomic E-state index is 0.0426. The lowest BCUT2D eigenvalue weighted by atomic mass is 10.2. The predicted octanol–water partition coefficient (Wildman–Crippen LogP) is 0.388. The van der Waals surface area contributed by atoms with Crippen molar-refractivity contribution < 1.29 is 8.42 Å². The average molecular weight is 258 g/mol. The summed E-state index contributed by atoms with van der Waals surface area (Å²) in [6, 6.07) is -0.0426. The van der Waals surface area contributed by atoms with Crippen LogP contribution in [0.4, 0.5) is 5.82 Å². The maximum atomic E-state index is 12.2. The number of aryl methyl sites for hydroxylation is 1. The lowest BCUT2D eigenvalue weighted by Gasteiger charge is -2.13. The molecule has 1 aromatic heterocycles. The number of nitrogens with one attached hydrogen (secondary N) is 1. The topological polar surface area (TPSA) is 90.0 Å². The summed E-state index contributed by atoms with van der Waals surface area (Å²) in [7, 11) is -1.89. The van der Waals surface area contributed by atoms with E-state index in [1.165, 1.54) is 4.68 Å². The monoisotopic (exact) mass is 258 g/mol. The van der Waals surface area contributed by atoms with Crippen LogP contribution in [0.1, 0.15) is 25.5 Å². The van der Waals surface area contributed by atoms with Crippen molar-refractivity contribution in [1.29, 1.82) is 0 Å². The molecule has 1 atom stereocenters. The molecule has 2 rings (SSSR count). The van der Waals surface area contributed by atoms with E-state index in [1.54, 1.807) is 14.0 Å². The number of hydrogen-bond donors (Lipinski definition) is 2. The number of anilines is 1. The van der Waals surface area contributed by atoms with Crippen molar-refractivity contribution in [3.63, 3.8) is 0 Å². The molecule has 1 aliphatic rings. The van der Waals surface area contributed by atoms with Crippen molar-refractivity contribution in [2.24, 2.45) is 13.0 Å². The molecule has 6 nitrogen and oxygen atoms in total. The van der Waals surface area contributed by atoms with Crippen LogP contribution in [-0.4, -0.2) is 24.2 Å². The first-order valence-corrected chi connectivity index (χ1v) is 7.12. The first-order valence-electron chi connectivity index (χ1n) is 5.64. The summed E-state index contributed by atoms with van der Waals surface area (Å²) in [5.41, 5.74) is 6.20. The highest BCUT2D eigenvalue weighted by atomic mass is 32.2. The third kappa shape index (κ3) is 2.30. The Balaban J connectivity index is 2.30. The second-order valence-corrected chi connectivity index (χ2v) is 6.32. The number of hydrogen-bond acceptors (Lipinski definition) is 4. The zero-order valence-corrected chi connectivity index (χ0v) is 11.1. The van der Waals surface area contributed by atoms with Crippen molar-refractivity contribution in [3.05, 3.63) is 5.69 Å². The maximum Gasteiger partial charge on any atom is 0.246 e. The van der Waals surface area contributed by atoms with Crippen LogP contribution in [0.2, 0.25) is 0 Å². The average Bonchev–Trinajstić information content (AvgIpc) is 2.95. The fourth-order valence-electron chi connectivity index (χ4n) is 1.94. The SMILES string of the molecule is Cc1c(S(=O)(=O)NC(C)C2CC2)c(N)nn1C. The van der Waals surface area contributed by atoms with Crippen molar-refractivity contribution >= 4 is 15.8 Å². The molecule has 1 saturated carbocycles. The lowest BCUT2D eigenvalue weighted by molar-refractivity contribution is 0.537. The van der Waals surface area contributed by atoms with Crippen LogP contribution >= 0.6 is 0 Å². The molecule has 1 fully saturated rings. The van der Waals surface area contributed by atoms with E-state index in [1.807, 2.05) is 6.92 Å². The Morgan fingerprint density at radius 2 is 2.12 bits per heavy atom. The molecule has 1 aliphatic carbocycles. The molecule has 0 aliphatic heterocycles. The first-order chi connectivity index (χ1) is 7.83. The molecule has 96 valence electrons. The van der Waals surface area contributed by atoms with Gasteiger partial charge in [0.1, 0.15) is 4.90 Å². The van der Waals surface area contributed by atoms with Gasteiger partial charge in [0.15, 0.2) is 5.82 Å². The molecular weight excluding hydrogens is 240 g/mol. The summed E-state index contributed by atoms with van der Waals surface area (Å²) in [4.78, 5) is 0.104. The summed E-state index contributed by atoms with van der Waals surface area (Å²) >= 11 is 0. The smallest absolute Gasteiger partial charge is 0.246 e. The van der Waals surface area contributed by atoms with Gasteiger partial charge in [-0.05, 0) is 32.6 Å². The predicted molar refractivity (Wildman–Crippen MR) is 64.9 cm³/mol. The summed E-state index contributed by atoms with van der Waals surface area (Å²) in [6.07, 6.45) is 2.18. The molecule has 7 heteroatoms. The number of nitrogens with zero attached hydrogens (tertiary/aromatic N) is 2. The van der Waals surface area contributed by atoms with E-state index in [0.29, 0.717) is 11.6 Å². The van der Waals surface area contributed by atoms with Gasteiger partial charge in [0.05, 0.1) is 5.69 Å². The standard InChI is InChI=1S/C10H18N4O2S/c1-6(8-4-5-8)13-17(15,16)9-7(2)14(3)12-10(9)11/h6,8,13H,4-5H2,1-3H3,(H2,11,12). The zero-order chi connectivity index (χ0) is 12.8. The van der Waals surface area contributed by atoms with Gasteiger partial charge in [0.25, 0.3) is 0 Å². The summed E-state index contributed by atoms with van der Waals surface area (Å²) in [6.45, 7) is 3.58. The van der Waals surface area contributed by atoms with Crippen molar-refractivity contribution in [2.45, 2.75) is 37.6 Å². The van der Waals surface area contributed by atoms with E-state index in [0.717, 1.165) is 12.8 Å². The van der Waals surface area contributed by atoms with Gasteiger partial charge in [-0.15, -0.1) is 0 Å². The first kappa shape index (κ1) is 12.4. The number of nitrogen functional groups attached to an aromatic ring is 1. The second-order valence-electron chi connectivity index (χ2n) is 4.67. The quantitative estimate of drug-likeness (QED) is 0.817. The van der Waals surface area contributed by atoms with E-state index in [9.17, 15) is 8.42 Å². The minimum atomic E-state index is -3.56. The highest BCUT2D eigenvalue weighted by Crippen LogP contribution is 2.33. The van der Waals surface area contributed by atoms with E-state index in [4.69, 9.17) is 5.73 Å². The number of sulfonamides is 1. The Labute approximate surface area is 101 Å². The summed E-state index contributed by atoms with van der Waals surface area (Å²) in [5, 5.41) is 3.92. The van der Waals surface area contributed by atoms with Gasteiger partial charge < -0.3 is 5.73 Å². The van der Waals surface area contributed by atoms with Crippen LogP contribution in [0.5, 0.6) is 0 Å². The van der Waals surface area contributed by atoms with Gasteiger partial charge in [0, 0.05) is 13.1 Å². The zero-order valence-electron chi connectivity index (χ0n) is 10.3. The summed E-state index contributed by atoms with van der Waals surface area (Å²) < 4.78 is 28.5. The number of nitrogens with two attached hydrogens (primary N) is 1. The Kier molecular flexibility index (Phi) is 2.90. The van der Waals surface area contributed by atoms with E-state index in [-0.39, 0.29) is 16.8 Å². The molecule has 1 unspecified atom stereocenters. The normalized spacial score (nSPS) is 18.3. The minimum Gasteiger partial charge on any atom is -0.381 e. The molecule has 0 spiro atoms. The second kappa shape index (κ2) is 3.99.